The van der Waals surface area contributed by atoms with E-state index in [9.17, 15) is 4.79 Å². The third kappa shape index (κ3) is 3.91. The summed E-state index contributed by atoms with van der Waals surface area (Å²) in [7, 11) is 1.57. The highest BCUT2D eigenvalue weighted by Crippen LogP contribution is 2.26. The summed E-state index contributed by atoms with van der Waals surface area (Å²) in [6.45, 7) is 2.04. The van der Waals surface area contributed by atoms with Gasteiger partial charge in [0.15, 0.2) is 0 Å². The number of hydrogen-bond acceptors (Lipinski definition) is 3. The summed E-state index contributed by atoms with van der Waals surface area (Å²) >= 11 is 3.87. The number of aryl methyl sites for hydroxylation is 1. The molecule has 3 nitrogen and oxygen atoms in total. The van der Waals surface area contributed by atoms with Crippen molar-refractivity contribution in [2.24, 2.45) is 0 Å². The lowest BCUT2D eigenvalue weighted by Gasteiger charge is -2.11. The molecule has 0 aliphatic rings. The molecule has 0 aromatic heterocycles. The Morgan fingerprint density at radius 2 is 2.00 bits per heavy atom. The van der Waals surface area contributed by atoms with E-state index in [1.165, 1.54) is 5.56 Å². The van der Waals surface area contributed by atoms with Crippen LogP contribution in [0.25, 0.3) is 0 Å². The monoisotopic (exact) mass is 413 g/mol. The molecular formula is C16H16INO2S. The van der Waals surface area contributed by atoms with Gasteiger partial charge in [-0.15, -0.1) is 11.8 Å². The van der Waals surface area contributed by atoms with Gasteiger partial charge in [-0.05, 0) is 71.7 Å². The maximum absolute atomic E-state index is 12.4. The zero-order valence-corrected chi connectivity index (χ0v) is 15.0. The van der Waals surface area contributed by atoms with Crippen LogP contribution in [0.4, 0.5) is 5.69 Å². The SMILES string of the molecule is COc1cc(SC)ccc1C(=O)Nc1ccc(C)c(I)c1. The number of amides is 1. The van der Waals surface area contributed by atoms with Crippen LogP contribution in [0.5, 0.6) is 5.75 Å². The van der Waals surface area contributed by atoms with E-state index in [1.54, 1.807) is 24.9 Å². The van der Waals surface area contributed by atoms with Crippen LogP contribution in [0, 0.1) is 10.5 Å². The van der Waals surface area contributed by atoms with Gasteiger partial charge in [0, 0.05) is 14.2 Å². The predicted molar refractivity (Wildman–Crippen MR) is 96.6 cm³/mol. The number of hydrogen-bond donors (Lipinski definition) is 1. The van der Waals surface area contributed by atoms with E-state index in [0.29, 0.717) is 11.3 Å². The average molecular weight is 413 g/mol. The first-order chi connectivity index (χ1) is 10.0. The van der Waals surface area contributed by atoms with Crippen molar-refractivity contribution in [2.75, 3.05) is 18.7 Å². The smallest absolute Gasteiger partial charge is 0.259 e. The highest BCUT2D eigenvalue weighted by Gasteiger charge is 2.13. The number of ether oxygens (including phenoxy) is 1. The molecule has 1 N–H and O–H groups in total. The highest BCUT2D eigenvalue weighted by atomic mass is 127. The molecule has 0 aliphatic carbocycles. The summed E-state index contributed by atoms with van der Waals surface area (Å²) in [5.74, 6) is 0.417. The molecule has 1 amide bonds. The number of carbonyl (C=O) groups excluding carboxylic acids is 1. The molecule has 2 aromatic rings. The molecule has 0 saturated carbocycles. The molecule has 21 heavy (non-hydrogen) atoms. The van der Waals surface area contributed by atoms with Crippen molar-refractivity contribution < 1.29 is 9.53 Å². The number of halogens is 1. The highest BCUT2D eigenvalue weighted by molar-refractivity contribution is 14.1. The zero-order chi connectivity index (χ0) is 15.4. The van der Waals surface area contributed by atoms with Gasteiger partial charge in [-0.25, -0.2) is 0 Å². The van der Waals surface area contributed by atoms with E-state index in [0.717, 1.165) is 14.2 Å². The van der Waals surface area contributed by atoms with Crippen LogP contribution in [0.1, 0.15) is 15.9 Å². The number of thioether (sulfide) groups is 1. The summed E-state index contributed by atoms with van der Waals surface area (Å²) in [5.41, 5.74) is 2.51. The third-order valence-corrected chi connectivity index (χ3v) is 4.97. The Morgan fingerprint density at radius 3 is 2.62 bits per heavy atom. The van der Waals surface area contributed by atoms with Crippen LogP contribution in [-0.2, 0) is 0 Å². The zero-order valence-electron chi connectivity index (χ0n) is 12.1. The van der Waals surface area contributed by atoms with E-state index in [4.69, 9.17) is 4.74 Å². The Hall–Kier alpha value is -1.21. The van der Waals surface area contributed by atoms with Gasteiger partial charge in [0.2, 0.25) is 0 Å². The summed E-state index contributed by atoms with van der Waals surface area (Å²) in [4.78, 5) is 13.5. The fourth-order valence-corrected chi connectivity index (χ4v) is 2.80. The van der Waals surface area contributed by atoms with Gasteiger partial charge in [0.1, 0.15) is 5.75 Å². The van der Waals surface area contributed by atoms with E-state index in [1.807, 2.05) is 43.5 Å². The molecule has 2 aromatic carbocycles. The number of methoxy groups -OCH3 is 1. The van der Waals surface area contributed by atoms with Crippen LogP contribution in [-0.4, -0.2) is 19.3 Å². The van der Waals surface area contributed by atoms with Gasteiger partial charge >= 0.3 is 0 Å². The predicted octanol–water partition coefficient (Wildman–Crippen LogP) is 4.58. The Labute approximate surface area is 142 Å². The standard InChI is InChI=1S/C16H16INO2S/c1-10-4-5-11(8-14(10)17)18-16(19)13-7-6-12(21-3)9-15(13)20-2/h4-9H,1-3H3,(H,18,19). The topological polar surface area (TPSA) is 38.3 Å². The second-order valence-corrected chi connectivity index (χ2v) is 6.53. The molecule has 110 valence electrons. The van der Waals surface area contributed by atoms with Gasteiger partial charge in [-0.3, -0.25) is 4.79 Å². The van der Waals surface area contributed by atoms with Gasteiger partial charge in [0.05, 0.1) is 12.7 Å². The van der Waals surface area contributed by atoms with Crippen LogP contribution in [0.2, 0.25) is 0 Å². The molecule has 0 spiro atoms. The number of carbonyl (C=O) groups is 1. The van der Waals surface area contributed by atoms with Crippen molar-refractivity contribution in [1.29, 1.82) is 0 Å². The quantitative estimate of drug-likeness (QED) is 0.589. The second-order valence-electron chi connectivity index (χ2n) is 4.48. The van der Waals surface area contributed by atoms with Crippen LogP contribution in [0.3, 0.4) is 0 Å². The summed E-state index contributed by atoms with van der Waals surface area (Å²) < 4.78 is 6.43. The lowest BCUT2D eigenvalue weighted by Crippen LogP contribution is -2.13. The maximum atomic E-state index is 12.4. The van der Waals surface area contributed by atoms with Crippen molar-refractivity contribution in [3.63, 3.8) is 0 Å². The van der Waals surface area contributed by atoms with Gasteiger partial charge in [0.25, 0.3) is 5.91 Å². The first-order valence-electron chi connectivity index (χ1n) is 6.34. The van der Waals surface area contributed by atoms with Crippen molar-refractivity contribution in [1.82, 2.24) is 0 Å². The van der Waals surface area contributed by atoms with Crippen molar-refractivity contribution >= 4 is 45.9 Å². The summed E-state index contributed by atoms with van der Waals surface area (Å²) in [6.07, 6.45) is 1.99. The minimum absolute atomic E-state index is 0.167. The summed E-state index contributed by atoms with van der Waals surface area (Å²) in [5, 5.41) is 2.91. The van der Waals surface area contributed by atoms with Crippen molar-refractivity contribution in [3.8, 4) is 5.75 Å². The lowest BCUT2D eigenvalue weighted by atomic mass is 10.1. The number of benzene rings is 2. The van der Waals surface area contributed by atoms with Crippen molar-refractivity contribution in [3.05, 3.63) is 51.1 Å². The van der Waals surface area contributed by atoms with Crippen LogP contribution in [0.15, 0.2) is 41.3 Å². The third-order valence-electron chi connectivity index (χ3n) is 3.08. The van der Waals surface area contributed by atoms with Gasteiger partial charge in [-0.2, -0.15) is 0 Å². The fraction of sp³-hybridized carbons (Fsp3) is 0.188. The summed E-state index contributed by atoms with van der Waals surface area (Å²) in [6, 6.07) is 11.4. The first-order valence-corrected chi connectivity index (χ1v) is 8.65. The minimum atomic E-state index is -0.167. The fourth-order valence-electron chi connectivity index (χ4n) is 1.86. The number of anilines is 1. The molecule has 2 rings (SSSR count). The van der Waals surface area contributed by atoms with E-state index in [-0.39, 0.29) is 5.91 Å². The first kappa shape index (κ1) is 16.2. The molecular weight excluding hydrogens is 397 g/mol. The normalized spacial score (nSPS) is 10.3. The average Bonchev–Trinajstić information content (AvgIpc) is 2.50. The lowest BCUT2D eigenvalue weighted by molar-refractivity contribution is 0.102. The largest absolute Gasteiger partial charge is 0.496 e. The number of nitrogens with one attached hydrogen (secondary N) is 1. The molecule has 0 bridgehead atoms. The van der Waals surface area contributed by atoms with E-state index >= 15 is 0 Å². The molecule has 0 heterocycles. The molecule has 0 radical (unpaired) electrons. The van der Waals surface area contributed by atoms with E-state index in [2.05, 4.69) is 27.9 Å². The van der Waals surface area contributed by atoms with Crippen LogP contribution < -0.4 is 10.1 Å². The Kier molecular flexibility index (Phi) is 5.52. The molecule has 0 saturated heterocycles. The molecule has 0 atom stereocenters. The Balaban J connectivity index is 2.25. The molecule has 0 fully saturated rings. The Bertz CT molecular complexity index is 673. The van der Waals surface area contributed by atoms with Crippen LogP contribution >= 0.6 is 34.4 Å². The Morgan fingerprint density at radius 1 is 1.24 bits per heavy atom. The molecule has 0 unspecified atom stereocenters. The molecule has 5 heteroatoms. The van der Waals surface area contributed by atoms with E-state index < -0.39 is 0 Å². The number of rotatable bonds is 4. The van der Waals surface area contributed by atoms with Crippen molar-refractivity contribution in [2.45, 2.75) is 11.8 Å². The van der Waals surface area contributed by atoms with Gasteiger partial charge in [-0.1, -0.05) is 6.07 Å². The second kappa shape index (κ2) is 7.17. The van der Waals surface area contributed by atoms with Gasteiger partial charge < -0.3 is 10.1 Å². The minimum Gasteiger partial charge on any atom is -0.496 e. The molecule has 0 aliphatic heterocycles. The maximum Gasteiger partial charge on any atom is 0.259 e.